The lowest BCUT2D eigenvalue weighted by atomic mass is 10.4. The maximum atomic E-state index is 5.04. The van der Waals surface area contributed by atoms with Crippen LogP contribution in [0.4, 0.5) is 5.82 Å². The van der Waals surface area contributed by atoms with Gasteiger partial charge in [-0.05, 0) is 24.6 Å². The van der Waals surface area contributed by atoms with E-state index < -0.39 is 0 Å². The number of nitrogens with one attached hydrogen (secondary N) is 1. The van der Waals surface area contributed by atoms with E-state index in [0.29, 0.717) is 0 Å². The zero-order valence-corrected chi connectivity index (χ0v) is 10.1. The Morgan fingerprint density at radius 1 is 1.35 bits per heavy atom. The third kappa shape index (κ3) is 3.21. The van der Waals surface area contributed by atoms with Crippen LogP contribution in [-0.2, 0) is 6.54 Å². The Kier molecular flexibility index (Phi) is 3.59. The average molecular weight is 232 g/mol. The average Bonchev–Trinajstić information content (AvgIpc) is 2.76. The highest BCUT2D eigenvalue weighted by Gasteiger charge is 1.96. The van der Waals surface area contributed by atoms with Crippen molar-refractivity contribution in [1.82, 2.24) is 14.8 Å². The van der Waals surface area contributed by atoms with E-state index in [0.717, 1.165) is 24.7 Å². The number of nitrogens with zero attached hydrogens (tertiary/aromatic N) is 3. The van der Waals surface area contributed by atoms with E-state index in [2.05, 4.69) is 15.4 Å². The number of pyridine rings is 1. The number of aromatic nitrogens is 3. The van der Waals surface area contributed by atoms with Gasteiger partial charge in [0.1, 0.15) is 11.6 Å². The molecule has 0 bridgehead atoms. The minimum atomic E-state index is 0.762. The number of methoxy groups -OCH3 is 1. The van der Waals surface area contributed by atoms with Gasteiger partial charge in [0.25, 0.3) is 0 Å². The van der Waals surface area contributed by atoms with Gasteiger partial charge in [-0.2, -0.15) is 5.10 Å². The molecule has 0 aliphatic heterocycles. The van der Waals surface area contributed by atoms with E-state index in [9.17, 15) is 0 Å². The maximum Gasteiger partial charge on any atom is 0.137 e. The van der Waals surface area contributed by atoms with Gasteiger partial charge in [0, 0.05) is 12.7 Å². The Labute approximate surface area is 100 Å². The van der Waals surface area contributed by atoms with Crippen molar-refractivity contribution < 1.29 is 4.74 Å². The number of hydrogen-bond donors (Lipinski definition) is 1. The van der Waals surface area contributed by atoms with Gasteiger partial charge in [0.2, 0.25) is 0 Å². The predicted molar refractivity (Wildman–Crippen MR) is 66.2 cm³/mol. The molecule has 0 aliphatic carbocycles. The summed E-state index contributed by atoms with van der Waals surface area (Å²) < 4.78 is 6.95. The van der Waals surface area contributed by atoms with Crippen LogP contribution in [0.1, 0.15) is 5.56 Å². The molecule has 0 radical (unpaired) electrons. The zero-order valence-electron chi connectivity index (χ0n) is 10.1. The Morgan fingerprint density at radius 2 is 2.24 bits per heavy atom. The largest absolute Gasteiger partial charge is 0.495 e. The zero-order chi connectivity index (χ0) is 12.1. The Bertz CT molecular complexity index is 464. The number of rotatable bonds is 5. The van der Waals surface area contributed by atoms with Crippen molar-refractivity contribution in [3.8, 4) is 5.75 Å². The third-order valence-corrected chi connectivity index (χ3v) is 2.38. The molecule has 0 aromatic carbocycles. The quantitative estimate of drug-likeness (QED) is 0.852. The van der Waals surface area contributed by atoms with Crippen molar-refractivity contribution in [2.75, 3.05) is 19.0 Å². The van der Waals surface area contributed by atoms with Crippen LogP contribution >= 0.6 is 0 Å². The second-order valence-electron chi connectivity index (χ2n) is 3.79. The van der Waals surface area contributed by atoms with Crippen LogP contribution < -0.4 is 10.1 Å². The Morgan fingerprint density at radius 3 is 2.82 bits per heavy atom. The number of aryl methyl sites for hydroxylation is 1. The Balaban J connectivity index is 1.81. The van der Waals surface area contributed by atoms with Crippen LogP contribution in [0.5, 0.6) is 5.75 Å². The molecule has 2 heterocycles. The molecule has 0 unspecified atom stereocenters. The van der Waals surface area contributed by atoms with Crippen molar-refractivity contribution in [2.24, 2.45) is 0 Å². The highest BCUT2D eigenvalue weighted by molar-refractivity contribution is 5.37. The summed E-state index contributed by atoms with van der Waals surface area (Å²) in [5.41, 5.74) is 1.17. The second-order valence-corrected chi connectivity index (χ2v) is 3.79. The lowest BCUT2D eigenvalue weighted by Crippen LogP contribution is -2.11. The topological polar surface area (TPSA) is 52.0 Å². The van der Waals surface area contributed by atoms with E-state index in [1.165, 1.54) is 5.56 Å². The molecule has 2 aromatic rings. The van der Waals surface area contributed by atoms with Crippen molar-refractivity contribution in [3.63, 3.8) is 0 Å². The van der Waals surface area contributed by atoms with Gasteiger partial charge in [-0.25, -0.2) is 4.98 Å². The van der Waals surface area contributed by atoms with E-state index in [1.807, 2.05) is 36.1 Å². The minimum Gasteiger partial charge on any atom is -0.495 e. The highest BCUT2D eigenvalue weighted by Crippen LogP contribution is 2.10. The van der Waals surface area contributed by atoms with Gasteiger partial charge in [-0.15, -0.1) is 0 Å². The lowest BCUT2D eigenvalue weighted by Gasteiger charge is -2.06. The molecule has 0 saturated heterocycles. The third-order valence-electron chi connectivity index (χ3n) is 2.38. The van der Waals surface area contributed by atoms with Gasteiger partial charge in [0.05, 0.1) is 26.0 Å². The SMILES string of the molecule is COc1ccc(NCCn2cc(C)cn2)nc1. The monoisotopic (exact) mass is 232 g/mol. The number of anilines is 1. The summed E-state index contributed by atoms with van der Waals surface area (Å²) in [5, 5.41) is 7.44. The van der Waals surface area contributed by atoms with Crippen LogP contribution in [-0.4, -0.2) is 28.4 Å². The number of hydrogen-bond acceptors (Lipinski definition) is 4. The van der Waals surface area contributed by atoms with E-state index in [4.69, 9.17) is 4.74 Å². The molecule has 2 rings (SSSR count). The molecule has 5 heteroatoms. The second kappa shape index (κ2) is 5.34. The van der Waals surface area contributed by atoms with Crippen LogP contribution in [0.2, 0.25) is 0 Å². The first kappa shape index (κ1) is 11.4. The van der Waals surface area contributed by atoms with E-state index in [1.54, 1.807) is 13.3 Å². The first-order valence-corrected chi connectivity index (χ1v) is 5.51. The first-order chi connectivity index (χ1) is 8.28. The number of ether oxygens (including phenoxy) is 1. The van der Waals surface area contributed by atoms with Crippen LogP contribution in [0.25, 0.3) is 0 Å². The molecule has 0 atom stereocenters. The fraction of sp³-hybridized carbons (Fsp3) is 0.333. The summed E-state index contributed by atoms with van der Waals surface area (Å²) in [6.45, 7) is 3.64. The van der Waals surface area contributed by atoms with Gasteiger partial charge in [-0.1, -0.05) is 0 Å². The first-order valence-electron chi connectivity index (χ1n) is 5.51. The van der Waals surface area contributed by atoms with Gasteiger partial charge in [0.15, 0.2) is 0 Å². The summed E-state index contributed by atoms with van der Waals surface area (Å²) in [6, 6.07) is 3.78. The van der Waals surface area contributed by atoms with Crippen molar-refractivity contribution in [2.45, 2.75) is 13.5 Å². The van der Waals surface area contributed by atoms with Crippen molar-refractivity contribution in [3.05, 3.63) is 36.3 Å². The molecule has 0 fully saturated rings. The normalized spacial score (nSPS) is 10.2. The van der Waals surface area contributed by atoms with Gasteiger partial charge >= 0.3 is 0 Å². The van der Waals surface area contributed by atoms with Gasteiger partial charge < -0.3 is 10.1 Å². The Hall–Kier alpha value is -2.04. The minimum absolute atomic E-state index is 0.762. The summed E-state index contributed by atoms with van der Waals surface area (Å²) in [4.78, 5) is 4.22. The van der Waals surface area contributed by atoms with Gasteiger partial charge in [-0.3, -0.25) is 4.68 Å². The molecule has 0 aliphatic rings. The maximum absolute atomic E-state index is 5.04. The standard InChI is InChI=1S/C12H16N4O/c1-10-7-15-16(9-10)6-5-13-12-4-3-11(17-2)8-14-12/h3-4,7-9H,5-6H2,1-2H3,(H,13,14). The lowest BCUT2D eigenvalue weighted by molar-refractivity contribution is 0.413. The molecule has 2 aromatic heterocycles. The summed E-state index contributed by atoms with van der Waals surface area (Å²) >= 11 is 0. The molecule has 0 saturated carbocycles. The van der Waals surface area contributed by atoms with Crippen LogP contribution in [0.3, 0.4) is 0 Å². The smallest absolute Gasteiger partial charge is 0.137 e. The fourth-order valence-corrected chi connectivity index (χ4v) is 1.49. The summed E-state index contributed by atoms with van der Waals surface area (Å²) in [5.74, 6) is 1.60. The molecular weight excluding hydrogens is 216 g/mol. The molecule has 0 spiro atoms. The summed E-state index contributed by atoms with van der Waals surface area (Å²) in [7, 11) is 1.63. The van der Waals surface area contributed by atoms with E-state index >= 15 is 0 Å². The highest BCUT2D eigenvalue weighted by atomic mass is 16.5. The molecule has 5 nitrogen and oxygen atoms in total. The molecule has 17 heavy (non-hydrogen) atoms. The molecule has 0 amide bonds. The molecular formula is C12H16N4O. The van der Waals surface area contributed by atoms with Crippen molar-refractivity contribution >= 4 is 5.82 Å². The van der Waals surface area contributed by atoms with Crippen LogP contribution in [0.15, 0.2) is 30.7 Å². The van der Waals surface area contributed by atoms with Crippen LogP contribution in [0, 0.1) is 6.92 Å². The van der Waals surface area contributed by atoms with Crippen molar-refractivity contribution in [1.29, 1.82) is 0 Å². The fourth-order valence-electron chi connectivity index (χ4n) is 1.49. The molecule has 1 N–H and O–H groups in total. The van der Waals surface area contributed by atoms with E-state index in [-0.39, 0.29) is 0 Å². The summed E-state index contributed by atoms with van der Waals surface area (Å²) in [6.07, 6.45) is 5.56. The predicted octanol–water partition coefficient (Wildman–Crippen LogP) is 1.71. The molecule has 90 valence electrons.